The SMILES string of the molecule is N#CNSN=O. The molecule has 0 saturated carbocycles. The average Bonchev–Trinajstić information content (AvgIpc) is 1.61. The van der Waals surface area contributed by atoms with E-state index in [0.29, 0.717) is 12.1 Å². The van der Waals surface area contributed by atoms with Crippen LogP contribution < -0.4 is 4.72 Å². The predicted molar refractivity (Wildman–Crippen MR) is 22.1 cm³/mol. The van der Waals surface area contributed by atoms with E-state index in [2.05, 4.69) is 4.58 Å². The normalized spacial score (nSPS) is 5.83. The molecule has 0 aromatic heterocycles. The third-order valence-electron chi connectivity index (χ3n) is 0.129. The maximum Gasteiger partial charge on any atom is 0.189 e. The van der Waals surface area contributed by atoms with Gasteiger partial charge in [0.25, 0.3) is 0 Å². The van der Waals surface area contributed by atoms with Crippen molar-refractivity contribution < 1.29 is 0 Å². The molecule has 0 spiro atoms. The highest BCUT2D eigenvalue weighted by atomic mass is 32.2. The highest BCUT2D eigenvalue weighted by Gasteiger charge is 1.70. The van der Waals surface area contributed by atoms with Crippen LogP contribution in [-0.4, -0.2) is 0 Å². The zero-order valence-electron chi connectivity index (χ0n) is 2.71. The molecule has 1 N–H and O–H groups in total. The van der Waals surface area contributed by atoms with E-state index in [4.69, 9.17) is 10.2 Å². The zero-order valence-corrected chi connectivity index (χ0v) is 3.53. The first-order chi connectivity index (χ1) is 2.91. The third kappa shape index (κ3) is 3.24. The van der Waals surface area contributed by atoms with Gasteiger partial charge in [-0.05, 0) is 0 Å². The Morgan fingerprint density at radius 2 is 2.67 bits per heavy atom. The van der Waals surface area contributed by atoms with E-state index in [1.165, 1.54) is 6.19 Å². The van der Waals surface area contributed by atoms with Crippen LogP contribution in [0.2, 0.25) is 0 Å². The highest BCUT2D eigenvalue weighted by Crippen LogP contribution is 1.87. The van der Waals surface area contributed by atoms with E-state index >= 15 is 0 Å². The number of rotatable bonds is 2. The largest absolute Gasteiger partial charge is 0.244 e. The maximum atomic E-state index is 9.06. The molecule has 4 nitrogen and oxygen atoms in total. The van der Waals surface area contributed by atoms with Gasteiger partial charge in [0, 0.05) is 4.58 Å². The zero-order chi connectivity index (χ0) is 4.83. The monoisotopic (exact) mass is 103 g/mol. The quantitative estimate of drug-likeness (QED) is 0.180. The number of nitrogens with one attached hydrogen (secondary N) is 1. The molecule has 0 aromatic carbocycles. The number of nitroso groups, excluding NO2 is 1. The summed E-state index contributed by atoms with van der Waals surface area (Å²) in [6.45, 7) is 0. The van der Waals surface area contributed by atoms with Crippen LogP contribution in [0.15, 0.2) is 4.58 Å². The molecule has 5 heteroatoms. The molecule has 0 radical (unpaired) electrons. The van der Waals surface area contributed by atoms with E-state index < -0.39 is 0 Å². The minimum absolute atomic E-state index is 0.466. The molecule has 6 heavy (non-hydrogen) atoms. The topological polar surface area (TPSA) is 65.2 Å². The Balaban J connectivity index is 2.72. The van der Waals surface area contributed by atoms with Crippen molar-refractivity contribution in [2.75, 3.05) is 0 Å². The summed E-state index contributed by atoms with van der Waals surface area (Å²) in [5.41, 5.74) is 0. The molecule has 32 valence electrons. The minimum atomic E-state index is 0.466. The van der Waals surface area contributed by atoms with Crippen molar-refractivity contribution in [1.29, 1.82) is 5.26 Å². The lowest BCUT2D eigenvalue weighted by atomic mass is 11.5. The van der Waals surface area contributed by atoms with E-state index in [1.807, 2.05) is 4.72 Å². The molecule has 0 bridgehead atoms. The minimum Gasteiger partial charge on any atom is -0.244 e. The molecule has 0 aliphatic carbocycles. The molecule has 0 aliphatic rings. The van der Waals surface area contributed by atoms with Gasteiger partial charge in [-0.2, -0.15) is 5.26 Å². The lowest BCUT2D eigenvalue weighted by Crippen LogP contribution is -1.84. The Bertz CT molecular complexity index is 75.4. The van der Waals surface area contributed by atoms with Gasteiger partial charge < -0.3 is 0 Å². The van der Waals surface area contributed by atoms with Crippen LogP contribution in [0.4, 0.5) is 0 Å². The van der Waals surface area contributed by atoms with Crippen molar-refractivity contribution in [2.24, 2.45) is 4.58 Å². The van der Waals surface area contributed by atoms with E-state index in [1.54, 1.807) is 0 Å². The van der Waals surface area contributed by atoms with Crippen LogP contribution in [0, 0.1) is 16.4 Å². The predicted octanol–water partition coefficient (Wildman–Crippen LogP) is 0.387. The molecule has 0 fully saturated rings. The fourth-order valence-corrected chi connectivity index (χ4v) is 0.117. The van der Waals surface area contributed by atoms with Crippen LogP contribution in [-0.2, 0) is 0 Å². The summed E-state index contributed by atoms with van der Waals surface area (Å²) in [4.78, 5) is 9.06. The Morgan fingerprint density at radius 3 is 2.83 bits per heavy atom. The summed E-state index contributed by atoms with van der Waals surface area (Å²) in [5, 5.41) is 7.62. The summed E-state index contributed by atoms with van der Waals surface area (Å²) in [6, 6.07) is 0. The van der Waals surface area contributed by atoms with Crippen LogP contribution >= 0.6 is 12.1 Å². The molecule has 0 aliphatic heterocycles. The van der Waals surface area contributed by atoms with Gasteiger partial charge in [-0.25, -0.2) is 4.72 Å². The maximum absolute atomic E-state index is 9.06. The molecular formula is CHN3OS. The molecular weight excluding hydrogens is 102 g/mol. The van der Waals surface area contributed by atoms with E-state index in [0.717, 1.165) is 0 Å². The van der Waals surface area contributed by atoms with Crippen molar-refractivity contribution in [3.8, 4) is 6.19 Å². The smallest absolute Gasteiger partial charge is 0.189 e. The van der Waals surface area contributed by atoms with Gasteiger partial charge in [0.15, 0.2) is 6.19 Å². The summed E-state index contributed by atoms with van der Waals surface area (Å²) >= 11 is 0.466. The molecule has 0 atom stereocenters. The summed E-state index contributed by atoms with van der Waals surface area (Å²) < 4.78 is 4.20. The second kappa shape index (κ2) is 4.24. The van der Waals surface area contributed by atoms with Crippen molar-refractivity contribution in [3.63, 3.8) is 0 Å². The van der Waals surface area contributed by atoms with Crippen LogP contribution in [0.25, 0.3) is 0 Å². The first-order valence-corrected chi connectivity index (χ1v) is 1.82. The van der Waals surface area contributed by atoms with Gasteiger partial charge >= 0.3 is 0 Å². The number of nitriles is 1. The Kier molecular flexibility index (Phi) is 3.70. The van der Waals surface area contributed by atoms with Crippen LogP contribution in [0.1, 0.15) is 0 Å². The van der Waals surface area contributed by atoms with Gasteiger partial charge in [0.1, 0.15) is 12.1 Å². The summed E-state index contributed by atoms with van der Waals surface area (Å²) in [6.07, 6.45) is 1.49. The van der Waals surface area contributed by atoms with Gasteiger partial charge in [0.2, 0.25) is 0 Å². The summed E-state index contributed by atoms with van der Waals surface area (Å²) in [7, 11) is 0. The van der Waals surface area contributed by atoms with Gasteiger partial charge in [-0.3, -0.25) is 0 Å². The number of hydrogen-bond donors (Lipinski definition) is 1. The molecule has 0 unspecified atom stereocenters. The molecule has 0 heterocycles. The Hall–Kier alpha value is -0.760. The Morgan fingerprint density at radius 1 is 2.00 bits per heavy atom. The Labute approximate surface area is 38.8 Å². The van der Waals surface area contributed by atoms with Crippen LogP contribution in [0.5, 0.6) is 0 Å². The number of hydrogen-bond acceptors (Lipinski definition) is 5. The van der Waals surface area contributed by atoms with E-state index in [-0.39, 0.29) is 0 Å². The lowest BCUT2D eigenvalue weighted by molar-refractivity contribution is 1.36. The average molecular weight is 103 g/mol. The van der Waals surface area contributed by atoms with Crippen molar-refractivity contribution >= 4 is 12.1 Å². The van der Waals surface area contributed by atoms with Crippen molar-refractivity contribution in [3.05, 3.63) is 4.91 Å². The highest BCUT2D eigenvalue weighted by molar-refractivity contribution is 7.96. The van der Waals surface area contributed by atoms with Gasteiger partial charge in [-0.1, -0.05) is 0 Å². The second-order valence-corrected chi connectivity index (χ2v) is 0.915. The standard InChI is InChI=1S/CHN3OS/c2-1-3-6-4-5/h3H. The molecule has 0 aromatic rings. The van der Waals surface area contributed by atoms with Crippen LogP contribution in [0.3, 0.4) is 0 Å². The second-order valence-electron chi connectivity index (χ2n) is 0.380. The van der Waals surface area contributed by atoms with Gasteiger partial charge in [-0.15, -0.1) is 4.91 Å². The van der Waals surface area contributed by atoms with E-state index in [9.17, 15) is 0 Å². The fraction of sp³-hybridized carbons (Fsp3) is 0. The molecule has 0 saturated heterocycles. The molecule has 0 rings (SSSR count). The summed E-state index contributed by atoms with van der Waals surface area (Å²) in [5.74, 6) is 0. The first-order valence-electron chi connectivity index (χ1n) is 1.04. The van der Waals surface area contributed by atoms with Gasteiger partial charge in [0.05, 0.1) is 0 Å². The van der Waals surface area contributed by atoms with Crippen molar-refractivity contribution in [1.82, 2.24) is 4.72 Å². The molecule has 0 amide bonds. The number of nitrogens with zero attached hydrogens (tertiary/aromatic N) is 2. The first kappa shape index (κ1) is 5.24. The fourth-order valence-electron chi connectivity index (χ4n) is 0.0390. The lowest BCUT2D eigenvalue weighted by Gasteiger charge is -1.71. The van der Waals surface area contributed by atoms with Crippen molar-refractivity contribution in [2.45, 2.75) is 0 Å². The third-order valence-corrected chi connectivity index (χ3v) is 0.386.